The summed E-state index contributed by atoms with van der Waals surface area (Å²) in [6.45, 7) is 3.98. The van der Waals surface area contributed by atoms with Crippen LogP contribution >= 0.6 is 0 Å². The molecule has 1 saturated heterocycles. The number of carbonyl (C=O) groups is 2. The topological polar surface area (TPSA) is 58.6 Å². The van der Waals surface area contributed by atoms with E-state index in [9.17, 15) is 9.59 Å². The first-order valence-corrected chi connectivity index (χ1v) is 8.39. The van der Waals surface area contributed by atoms with E-state index in [0.29, 0.717) is 25.7 Å². The van der Waals surface area contributed by atoms with Gasteiger partial charge in [-0.15, -0.1) is 0 Å². The van der Waals surface area contributed by atoms with Crippen LogP contribution in [0.3, 0.4) is 0 Å². The van der Waals surface area contributed by atoms with Crippen molar-refractivity contribution in [1.29, 1.82) is 0 Å². The van der Waals surface area contributed by atoms with Crippen molar-refractivity contribution in [2.24, 2.45) is 5.92 Å². The fraction of sp³-hybridized carbons (Fsp3) is 0.875. The van der Waals surface area contributed by atoms with Gasteiger partial charge in [-0.2, -0.15) is 0 Å². The summed E-state index contributed by atoms with van der Waals surface area (Å²) in [6.07, 6.45) is 6.63. The van der Waals surface area contributed by atoms with Crippen LogP contribution in [0.5, 0.6) is 0 Å². The standard InChI is InChI=1S/C16H26N2O3/c1-2-21-11-5-10-18-13(12-6-7-12)14(19)17-16(15(18)20)8-3-4-9-16/h12-13H,2-11H2,1H3,(H,17,19). The lowest BCUT2D eigenvalue weighted by Gasteiger charge is -2.44. The van der Waals surface area contributed by atoms with Crippen LogP contribution < -0.4 is 5.32 Å². The number of nitrogens with one attached hydrogen (secondary N) is 1. The van der Waals surface area contributed by atoms with E-state index in [0.717, 1.165) is 44.9 Å². The molecular formula is C16H26N2O3. The second-order valence-corrected chi connectivity index (χ2v) is 6.61. The largest absolute Gasteiger partial charge is 0.382 e. The highest BCUT2D eigenvalue weighted by Crippen LogP contribution is 2.41. The molecule has 21 heavy (non-hydrogen) atoms. The summed E-state index contributed by atoms with van der Waals surface area (Å²) in [5.41, 5.74) is -0.589. The Bertz CT molecular complexity index is 414. The van der Waals surface area contributed by atoms with Gasteiger partial charge < -0.3 is 15.0 Å². The highest BCUT2D eigenvalue weighted by molar-refractivity contribution is 6.00. The molecule has 0 radical (unpaired) electrons. The van der Waals surface area contributed by atoms with Crippen molar-refractivity contribution >= 4 is 11.8 Å². The second-order valence-electron chi connectivity index (χ2n) is 6.61. The molecule has 0 bridgehead atoms. The minimum absolute atomic E-state index is 0.0791. The van der Waals surface area contributed by atoms with E-state index in [1.807, 2.05) is 11.8 Å². The fourth-order valence-corrected chi connectivity index (χ4v) is 3.83. The van der Waals surface area contributed by atoms with Gasteiger partial charge in [-0.05, 0) is 44.9 Å². The lowest BCUT2D eigenvalue weighted by molar-refractivity contribution is -0.156. The predicted octanol–water partition coefficient (Wildman–Crippen LogP) is 1.46. The van der Waals surface area contributed by atoms with Crippen LogP contribution in [0.4, 0.5) is 0 Å². The Kier molecular flexibility index (Phi) is 4.20. The van der Waals surface area contributed by atoms with Crippen LogP contribution in [0.2, 0.25) is 0 Å². The minimum Gasteiger partial charge on any atom is -0.382 e. The molecule has 3 rings (SSSR count). The van der Waals surface area contributed by atoms with Crippen LogP contribution in [0.1, 0.15) is 51.9 Å². The Morgan fingerprint density at radius 3 is 2.62 bits per heavy atom. The van der Waals surface area contributed by atoms with Crippen LogP contribution in [0, 0.1) is 5.92 Å². The van der Waals surface area contributed by atoms with E-state index < -0.39 is 5.54 Å². The summed E-state index contributed by atoms with van der Waals surface area (Å²) in [5.74, 6) is 0.614. The van der Waals surface area contributed by atoms with Crippen LogP contribution in [-0.4, -0.2) is 48.1 Å². The molecule has 1 unspecified atom stereocenters. The summed E-state index contributed by atoms with van der Waals surface area (Å²) >= 11 is 0. The number of hydrogen-bond donors (Lipinski definition) is 1. The van der Waals surface area contributed by atoms with Crippen molar-refractivity contribution in [3.8, 4) is 0 Å². The van der Waals surface area contributed by atoms with E-state index in [1.165, 1.54) is 0 Å². The maximum atomic E-state index is 13.0. The number of carbonyl (C=O) groups excluding carboxylic acids is 2. The quantitative estimate of drug-likeness (QED) is 0.755. The zero-order valence-corrected chi connectivity index (χ0v) is 12.9. The number of nitrogens with zero attached hydrogens (tertiary/aromatic N) is 1. The summed E-state index contributed by atoms with van der Waals surface area (Å²) in [5, 5.41) is 3.08. The minimum atomic E-state index is -0.589. The van der Waals surface area contributed by atoms with Gasteiger partial charge in [-0.3, -0.25) is 9.59 Å². The molecule has 0 aromatic carbocycles. The first-order valence-electron chi connectivity index (χ1n) is 8.39. The first kappa shape index (κ1) is 14.8. The molecule has 1 heterocycles. The molecule has 1 spiro atoms. The number of ether oxygens (including phenoxy) is 1. The molecule has 3 fully saturated rings. The molecule has 2 amide bonds. The predicted molar refractivity (Wildman–Crippen MR) is 78.7 cm³/mol. The molecule has 3 aliphatic rings. The lowest BCUT2D eigenvalue weighted by atomic mass is 9.89. The van der Waals surface area contributed by atoms with Gasteiger partial charge in [0.25, 0.3) is 0 Å². The smallest absolute Gasteiger partial charge is 0.249 e. The monoisotopic (exact) mass is 294 g/mol. The molecular weight excluding hydrogens is 268 g/mol. The van der Waals surface area contributed by atoms with Gasteiger partial charge in [0.2, 0.25) is 11.8 Å². The van der Waals surface area contributed by atoms with E-state index in [-0.39, 0.29) is 17.9 Å². The van der Waals surface area contributed by atoms with Gasteiger partial charge in [0.05, 0.1) is 0 Å². The lowest BCUT2D eigenvalue weighted by Crippen LogP contribution is -2.70. The van der Waals surface area contributed by atoms with E-state index in [4.69, 9.17) is 4.74 Å². The zero-order valence-electron chi connectivity index (χ0n) is 12.9. The second kappa shape index (κ2) is 5.95. The van der Waals surface area contributed by atoms with Gasteiger partial charge in [-0.25, -0.2) is 0 Å². The third kappa shape index (κ3) is 2.80. The number of piperazine rings is 1. The SMILES string of the molecule is CCOCCCN1C(=O)C2(CCCC2)NC(=O)C1C1CC1. The number of amides is 2. The number of hydrogen-bond acceptors (Lipinski definition) is 3. The van der Waals surface area contributed by atoms with Crippen molar-refractivity contribution in [2.75, 3.05) is 19.8 Å². The van der Waals surface area contributed by atoms with Gasteiger partial charge in [0.1, 0.15) is 11.6 Å². The molecule has 2 aliphatic carbocycles. The molecule has 2 saturated carbocycles. The first-order chi connectivity index (χ1) is 10.2. The normalized spacial score (nSPS) is 28.2. The van der Waals surface area contributed by atoms with Crippen LogP contribution in [0.25, 0.3) is 0 Å². The maximum Gasteiger partial charge on any atom is 0.249 e. The molecule has 118 valence electrons. The van der Waals surface area contributed by atoms with E-state index in [1.54, 1.807) is 0 Å². The molecule has 1 N–H and O–H groups in total. The molecule has 1 atom stereocenters. The third-order valence-corrected chi connectivity index (χ3v) is 5.05. The summed E-state index contributed by atoms with van der Waals surface area (Å²) < 4.78 is 5.38. The summed E-state index contributed by atoms with van der Waals surface area (Å²) in [6, 6.07) is -0.231. The highest BCUT2D eigenvalue weighted by Gasteiger charge is 2.55. The Balaban J connectivity index is 1.73. The fourth-order valence-electron chi connectivity index (χ4n) is 3.83. The van der Waals surface area contributed by atoms with Crippen molar-refractivity contribution in [1.82, 2.24) is 10.2 Å². The van der Waals surface area contributed by atoms with Crippen LogP contribution in [0.15, 0.2) is 0 Å². The van der Waals surface area contributed by atoms with E-state index in [2.05, 4.69) is 5.32 Å². The third-order valence-electron chi connectivity index (χ3n) is 5.05. The number of rotatable bonds is 6. The highest BCUT2D eigenvalue weighted by atomic mass is 16.5. The van der Waals surface area contributed by atoms with Gasteiger partial charge in [-0.1, -0.05) is 12.8 Å². The van der Waals surface area contributed by atoms with Crippen molar-refractivity contribution < 1.29 is 14.3 Å². The average molecular weight is 294 g/mol. The van der Waals surface area contributed by atoms with Crippen molar-refractivity contribution in [2.45, 2.75) is 63.5 Å². The van der Waals surface area contributed by atoms with Crippen molar-refractivity contribution in [3.63, 3.8) is 0 Å². The summed E-state index contributed by atoms with van der Waals surface area (Å²) in [4.78, 5) is 27.4. The Hall–Kier alpha value is -1.10. The van der Waals surface area contributed by atoms with Gasteiger partial charge >= 0.3 is 0 Å². The molecule has 5 heteroatoms. The summed E-state index contributed by atoms with van der Waals surface area (Å²) in [7, 11) is 0. The average Bonchev–Trinajstić information content (AvgIpc) is 3.19. The molecule has 0 aromatic rings. The van der Waals surface area contributed by atoms with Crippen LogP contribution in [-0.2, 0) is 14.3 Å². The molecule has 0 aromatic heterocycles. The maximum absolute atomic E-state index is 13.0. The Morgan fingerprint density at radius 2 is 2.00 bits per heavy atom. The van der Waals surface area contributed by atoms with Gasteiger partial charge in [0.15, 0.2) is 0 Å². The van der Waals surface area contributed by atoms with Crippen molar-refractivity contribution in [3.05, 3.63) is 0 Å². The molecule has 5 nitrogen and oxygen atoms in total. The Morgan fingerprint density at radius 1 is 1.29 bits per heavy atom. The molecule has 1 aliphatic heterocycles. The van der Waals surface area contributed by atoms with E-state index >= 15 is 0 Å². The Labute approximate surface area is 126 Å². The zero-order chi connectivity index (χ0) is 14.9. The van der Waals surface area contributed by atoms with Gasteiger partial charge in [0, 0.05) is 19.8 Å².